The van der Waals surface area contributed by atoms with Crippen LogP contribution in [0.2, 0.25) is 0 Å². The number of carbonyl (C=O) groups is 1. The van der Waals surface area contributed by atoms with E-state index < -0.39 is 0 Å². The van der Waals surface area contributed by atoms with Crippen LogP contribution in [0, 0.1) is 0 Å². The molecule has 2 aliphatic rings. The van der Waals surface area contributed by atoms with E-state index in [1.807, 2.05) is 0 Å². The van der Waals surface area contributed by atoms with E-state index in [0.29, 0.717) is 13.2 Å². The lowest BCUT2D eigenvalue weighted by Crippen LogP contribution is -2.59. The molecular weight excluding hydrogens is 204 g/mol. The number of hydrogen-bond acceptors (Lipinski definition) is 3. The van der Waals surface area contributed by atoms with E-state index in [9.17, 15) is 4.79 Å². The molecule has 2 saturated heterocycles. The van der Waals surface area contributed by atoms with Gasteiger partial charge in [0.05, 0.1) is 18.8 Å². The molecule has 2 aliphatic heterocycles. The van der Waals surface area contributed by atoms with Gasteiger partial charge in [-0.3, -0.25) is 4.79 Å². The van der Waals surface area contributed by atoms with Crippen LogP contribution in [-0.4, -0.2) is 60.6 Å². The molecule has 80 valence electrons. The highest BCUT2D eigenvalue weighted by molar-refractivity contribution is 6.62. The zero-order valence-corrected chi connectivity index (χ0v) is 9.04. The molecule has 2 unspecified atom stereocenters. The molecule has 14 heavy (non-hydrogen) atoms. The van der Waals surface area contributed by atoms with Gasteiger partial charge in [0.2, 0.25) is 0 Å². The van der Waals surface area contributed by atoms with Crippen LogP contribution in [0.3, 0.4) is 0 Å². The van der Waals surface area contributed by atoms with Gasteiger partial charge in [-0.15, -0.1) is 0 Å². The van der Waals surface area contributed by atoms with Gasteiger partial charge in [-0.1, -0.05) is 0 Å². The van der Waals surface area contributed by atoms with Crippen LogP contribution < -0.4 is 0 Å². The fourth-order valence-electron chi connectivity index (χ4n) is 2.25. The first-order valence-electron chi connectivity index (χ1n) is 4.95. The number of rotatable bonds is 0. The van der Waals surface area contributed by atoms with Crippen molar-refractivity contribution >= 4 is 17.0 Å². The third-order valence-corrected chi connectivity index (χ3v) is 3.23. The molecule has 0 spiro atoms. The molecule has 0 aromatic heterocycles. The van der Waals surface area contributed by atoms with Crippen LogP contribution >= 0.6 is 11.6 Å². The summed E-state index contributed by atoms with van der Waals surface area (Å²) >= 11 is 5.54. The molecule has 0 N–H and O–H groups in total. The van der Waals surface area contributed by atoms with Crippen LogP contribution in [0.4, 0.5) is 4.79 Å². The standard InChI is InChI=1S/C9H15ClN2O2/c1-11-3-2-8-7(6-11)12(9(10)13)4-5-14-8/h7-8H,2-6H2,1H3. The summed E-state index contributed by atoms with van der Waals surface area (Å²) < 4.78 is 5.63. The number of likely N-dealkylation sites (N-methyl/N-ethyl adjacent to an activating group) is 1. The number of nitrogens with zero attached hydrogens (tertiary/aromatic N) is 2. The van der Waals surface area contributed by atoms with E-state index >= 15 is 0 Å². The van der Waals surface area contributed by atoms with Crippen molar-refractivity contribution < 1.29 is 9.53 Å². The summed E-state index contributed by atoms with van der Waals surface area (Å²) in [5, 5.41) is -0.349. The molecule has 1 amide bonds. The maximum atomic E-state index is 11.2. The zero-order valence-electron chi connectivity index (χ0n) is 8.28. The van der Waals surface area contributed by atoms with Gasteiger partial charge >= 0.3 is 5.37 Å². The van der Waals surface area contributed by atoms with Crippen molar-refractivity contribution in [2.45, 2.75) is 18.6 Å². The Hall–Kier alpha value is -0.320. The second-order valence-corrected chi connectivity index (χ2v) is 4.30. The molecule has 4 nitrogen and oxygen atoms in total. The van der Waals surface area contributed by atoms with Gasteiger partial charge in [-0.05, 0) is 25.1 Å². The average Bonchev–Trinajstić information content (AvgIpc) is 2.16. The van der Waals surface area contributed by atoms with Gasteiger partial charge in [0.15, 0.2) is 0 Å². The number of amides is 1. The largest absolute Gasteiger partial charge is 0.374 e. The van der Waals surface area contributed by atoms with Crippen LogP contribution in [0.1, 0.15) is 6.42 Å². The Morgan fingerprint density at radius 3 is 3.00 bits per heavy atom. The van der Waals surface area contributed by atoms with Gasteiger partial charge in [0.25, 0.3) is 0 Å². The Balaban J connectivity index is 2.08. The number of carbonyl (C=O) groups excluding carboxylic acids is 1. The Bertz CT molecular complexity index is 237. The van der Waals surface area contributed by atoms with Crippen molar-refractivity contribution in [2.75, 3.05) is 33.3 Å². The van der Waals surface area contributed by atoms with E-state index in [-0.39, 0.29) is 17.5 Å². The zero-order chi connectivity index (χ0) is 10.1. The Labute approximate surface area is 88.7 Å². The molecule has 0 saturated carbocycles. The molecular formula is C9H15ClN2O2. The smallest absolute Gasteiger partial charge is 0.316 e. The Morgan fingerprint density at radius 2 is 2.29 bits per heavy atom. The minimum absolute atomic E-state index is 0.146. The highest BCUT2D eigenvalue weighted by Crippen LogP contribution is 2.23. The van der Waals surface area contributed by atoms with E-state index in [1.54, 1.807) is 4.90 Å². The van der Waals surface area contributed by atoms with E-state index in [4.69, 9.17) is 16.3 Å². The van der Waals surface area contributed by atoms with E-state index in [0.717, 1.165) is 19.5 Å². The topological polar surface area (TPSA) is 32.8 Å². The quantitative estimate of drug-likeness (QED) is 0.444. The van der Waals surface area contributed by atoms with Crippen LogP contribution in [0.5, 0.6) is 0 Å². The van der Waals surface area contributed by atoms with E-state index in [2.05, 4.69) is 11.9 Å². The molecule has 2 atom stereocenters. The predicted octanol–water partition coefficient (Wildman–Crippen LogP) is 0.750. The number of halogens is 1. The molecule has 0 aromatic rings. The minimum atomic E-state index is -0.349. The van der Waals surface area contributed by atoms with Crippen LogP contribution in [-0.2, 0) is 4.74 Å². The maximum absolute atomic E-state index is 11.2. The number of morpholine rings is 1. The van der Waals surface area contributed by atoms with Crippen LogP contribution in [0.25, 0.3) is 0 Å². The number of piperidine rings is 1. The summed E-state index contributed by atoms with van der Waals surface area (Å²) in [5.41, 5.74) is 0. The van der Waals surface area contributed by atoms with Crippen molar-refractivity contribution in [1.29, 1.82) is 0 Å². The molecule has 2 fully saturated rings. The van der Waals surface area contributed by atoms with Gasteiger partial charge in [-0.2, -0.15) is 0 Å². The summed E-state index contributed by atoms with van der Waals surface area (Å²) in [4.78, 5) is 15.1. The third kappa shape index (κ3) is 1.87. The normalized spacial score (nSPS) is 34.0. The molecule has 0 bridgehead atoms. The predicted molar refractivity (Wildman–Crippen MR) is 53.6 cm³/mol. The summed E-state index contributed by atoms with van der Waals surface area (Å²) in [5.74, 6) is 0. The summed E-state index contributed by atoms with van der Waals surface area (Å²) in [6.07, 6.45) is 1.17. The van der Waals surface area contributed by atoms with Crippen molar-refractivity contribution in [2.24, 2.45) is 0 Å². The number of fused-ring (bicyclic) bond motifs is 1. The maximum Gasteiger partial charge on any atom is 0.316 e. The summed E-state index contributed by atoms with van der Waals surface area (Å²) in [6, 6.07) is 0.146. The molecule has 2 heterocycles. The minimum Gasteiger partial charge on any atom is -0.374 e. The van der Waals surface area contributed by atoms with E-state index in [1.165, 1.54) is 0 Å². The molecule has 0 aromatic carbocycles. The molecule has 0 aliphatic carbocycles. The number of ether oxygens (including phenoxy) is 1. The monoisotopic (exact) mass is 218 g/mol. The van der Waals surface area contributed by atoms with Gasteiger partial charge in [-0.25, -0.2) is 0 Å². The van der Waals surface area contributed by atoms with Crippen LogP contribution in [0.15, 0.2) is 0 Å². The number of hydrogen-bond donors (Lipinski definition) is 0. The molecule has 0 radical (unpaired) electrons. The van der Waals surface area contributed by atoms with Gasteiger partial charge in [0, 0.05) is 19.6 Å². The Morgan fingerprint density at radius 1 is 1.50 bits per heavy atom. The second-order valence-electron chi connectivity index (χ2n) is 3.97. The Kier molecular flexibility index (Phi) is 2.95. The fraction of sp³-hybridized carbons (Fsp3) is 0.889. The number of likely N-dealkylation sites (tertiary alicyclic amines) is 1. The lowest BCUT2D eigenvalue weighted by atomic mass is 10.00. The van der Waals surface area contributed by atoms with Crippen molar-refractivity contribution in [3.63, 3.8) is 0 Å². The third-order valence-electron chi connectivity index (χ3n) is 3.01. The van der Waals surface area contributed by atoms with Crippen molar-refractivity contribution in [3.05, 3.63) is 0 Å². The second kappa shape index (κ2) is 4.04. The highest BCUT2D eigenvalue weighted by Gasteiger charge is 2.37. The first kappa shape index (κ1) is 10.2. The first-order chi connectivity index (χ1) is 6.68. The van der Waals surface area contributed by atoms with Crippen molar-refractivity contribution in [1.82, 2.24) is 9.80 Å². The molecule has 5 heteroatoms. The highest BCUT2D eigenvalue weighted by atomic mass is 35.5. The summed E-state index contributed by atoms with van der Waals surface area (Å²) in [7, 11) is 2.06. The lowest BCUT2D eigenvalue weighted by molar-refractivity contribution is -0.0806. The lowest BCUT2D eigenvalue weighted by Gasteiger charge is -2.45. The summed E-state index contributed by atoms with van der Waals surface area (Å²) in [6.45, 7) is 3.13. The average molecular weight is 219 g/mol. The van der Waals surface area contributed by atoms with Crippen molar-refractivity contribution in [3.8, 4) is 0 Å². The van der Waals surface area contributed by atoms with Gasteiger partial charge < -0.3 is 14.5 Å². The molecule has 2 rings (SSSR count). The fourth-order valence-corrected chi connectivity index (χ4v) is 2.46. The first-order valence-corrected chi connectivity index (χ1v) is 5.32. The SMILES string of the molecule is CN1CCC2OCCN(C(=O)Cl)C2C1. The van der Waals surface area contributed by atoms with Gasteiger partial charge in [0.1, 0.15) is 0 Å².